The maximum atomic E-state index is 12.8. The van der Waals surface area contributed by atoms with Gasteiger partial charge in [0.1, 0.15) is 17.4 Å². The molecule has 1 aliphatic rings. The van der Waals surface area contributed by atoms with Crippen LogP contribution >= 0.6 is 0 Å². The molecule has 1 aliphatic carbocycles. The highest BCUT2D eigenvalue weighted by Gasteiger charge is 2.35. The van der Waals surface area contributed by atoms with E-state index in [9.17, 15) is 13.6 Å². The molecule has 1 atom stereocenters. The fourth-order valence-corrected chi connectivity index (χ4v) is 1.79. The van der Waals surface area contributed by atoms with Crippen LogP contribution in [0.5, 0.6) is 0 Å². The zero-order chi connectivity index (χ0) is 13.3. The van der Waals surface area contributed by atoms with E-state index in [2.05, 4.69) is 9.97 Å². The van der Waals surface area contributed by atoms with E-state index < -0.39 is 29.8 Å². The van der Waals surface area contributed by atoms with Crippen molar-refractivity contribution in [2.75, 3.05) is 7.11 Å². The third kappa shape index (κ3) is 2.45. The third-order valence-corrected chi connectivity index (χ3v) is 2.83. The van der Waals surface area contributed by atoms with Crippen molar-refractivity contribution in [2.24, 2.45) is 5.92 Å². The molecule has 0 amide bonds. The summed E-state index contributed by atoms with van der Waals surface area (Å²) in [7, 11) is 1.46. The van der Waals surface area contributed by atoms with Crippen molar-refractivity contribution in [3.63, 3.8) is 0 Å². The number of ether oxygens (including phenoxy) is 1. The van der Waals surface area contributed by atoms with Crippen molar-refractivity contribution in [2.45, 2.75) is 25.4 Å². The number of carbonyl (C=O) groups is 1. The SMILES string of the molecule is COC(c1ncc(C(=O)O)c(C(F)F)n1)C1CC1. The number of hydrogen-bond acceptors (Lipinski definition) is 4. The van der Waals surface area contributed by atoms with Crippen LogP contribution in [0, 0.1) is 5.92 Å². The number of carboxylic acids is 1. The Kier molecular flexibility index (Phi) is 3.51. The lowest BCUT2D eigenvalue weighted by atomic mass is 10.2. The number of alkyl halides is 2. The minimum atomic E-state index is -2.95. The molecule has 1 aromatic heterocycles. The first-order valence-electron chi connectivity index (χ1n) is 5.45. The maximum Gasteiger partial charge on any atom is 0.339 e. The van der Waals surface area contributed by atoms with Gasteiger partial charge >= 0.3 is 5.97 Å². The van der Waals surface area contributed by atoms with Crippen molar-refractivity contribution in [3.05, 3.63) is 23.3 Å². The van der Waals surface area contributed by atoms with Gasteiger partial charge in [-0.3, -0.25) is 0 Å². The van der Waals surface area contributed by atoms with Crippen LogP contribution in [0.2, 0.25) is 0 Å². The molecule has 98 valence electrons. The molecule has 1 saturated carbocycles. The van der Waals surface area contributed by atoms with Crippen LogP contribution in [0.4, 0.5) is 8.78 Å². The van der Waals surface area contributed by atoms with E-state index in [0.717, 1.165) is 19.0 Å². The average molecular weight is 258 g/mol. The summed E-state index contributed by atoms with van der Waals surface area (Å²) in [4.78, 5) is 18.3. The summed E-state index contributed by atoms with van der Waals surface area (Å²) in [6, 6.07) is 0. The zero-order valence-corrected chi connectivity index (χ0v) is 9.64. The van der Waals surface area contributed by atoms with Crippen molar-refractivity contribution >= 4 is 5.97 Å². The quantitative estimate of drug-likeness (QED) is 0.876. The Labute approximate surface area is 102 Å². The first-order chi connectivity index (χ1) is 8.54. The molecular formula is C11H12F2N2O3. The average Bonchev–Trinajstić information content (AvgIpc) is 3.14. The number of hydrogen-bond donors (Lipinski definition) is 1. The minimum absolute atomic E-state index is 0.125. The largest absolute Gasteiger partial charge is 0.478 e. The Morgan fingerprint density at radius 2 is 2.22 bits per heavy atom. The van der Waals surface area contributed by atoms with Gasteiger partial charge in [0.2, 0.25) is 0 Å². The number of halogens is 2. The molecule has 7 heteroatoms. The molecule has 18 heavy (non-hydrogen) atoms. The van der Waals surface area contributed by atoms with Crippen LogP contribution in [0.25, 0.3) is 0 Å². The fraction of sp³-hybridized carbons (Fsp3) is 0.545. The predicted octanol–water partition coefficient (Wildman–Crippen LogP) is 2.21. The van der Waals surface area contributed by atoms with Crippen LogP contribution in [0.15, 0.2) is 6.20 Å². The summed E-state index contributed by atoms with van der Waals surface area (Å²) in [5.74, 6) is -1.10. The monoisotopic (exact) mass is 258 g/mol. The highest BCUT2D eigenvalue weighted by atomic mass is 19.3. The molecule has 1 N–H and O–H groups in total. The molecule has 1 fully saturated rings. The fourth-order valence-electron chi connectivity index (χ4n) is 1.79. The normalized spacial score (nSPS) is 16.9. The van der Waals surface area contributed by atoms with Gasteiger partial charge in [0.15, 0.2) is 5.82 Å². The van der Waals surface area contributed by atoms with Crippen molar-refractivity contribution in [1.29, 1.82) is 0 Å². The Morgan fingerprint density at radius 1 is 1.56 bits per heavy atom. The lowest BCUT2D eigenvalue weighted by Gasteiger charge is -2.14. The molecule has 0 radical (unpaired) electrons. The molecule has 1 heterocycles. The van der Waals surface area contributed by atoms with Gasteiger partial charge in [0.25, 0.3) is 6.43 Å². The molecule has 0 aromatic carbocycles. The van der Waals surface area contributed by atoms with Gasteiger partial charge in [-0.25, -0.2) is 23.5 Å². The topological polar surface area (TPSA) is 72.3 Å². The Balaban J connectivity index is 2.38. The number of carboxylic acid groups (broad SMARTS) is 1. The number of aromatic nitrogens is 2. The van der Waals surface area contributed by atoms with E-state index >= 15 is 0 Å². The molecule has 5 nitrogen and oxygen atoms in total. The lowest BCUT2D eigenvalue weighted by Crippen LogP contribution is -2.14. The van der Waals surface area contributed by atoms with Gasteiger partial charge < -0.3 is 9.84 Å². The van der Waals surface area contributed by atoms with Gasteiger partial charge in [-0.2, -0.15) is 0 Å². The van der Waals surface area contributed by atoms with E-state index in [0.29, 0.717) is 0 Å². The summed E-state index contributed by atoms with van der Waals surface area (Å²) in [5.41, 5.74) is -1.32. The molecule has 0 aliphatic heterocycles. The standard InChI is InChI=1S/C11H12F2N2O3/c1-18-8(5-2-3-5)10-14-4-6(11(16)17)7(15-10)9(12)13/h4-5,8-9H,2-3H2,1H3,(H,16,17). The second-order valence-corrected chi connectivity index (χ2v) is 4.13. The third-order valence-electron chi connectivity index (χ3n) is 2.83. The zero-order valence-electron chi connectivity index (χ0n) is 9.64. The van der Waals surface area contributed by atoms with Crippen LogP contribution < -0.4 is 0 Å². The Morgan fingerprint density at radius 3 is 2.67 bits per heavy atom. The number of aromatic carboxylic acids is 1. The van der Waals surface area contributed by atoms with Gasteiger partial charge in [-0.1, -0.05) is 0 Å². The summed E-state index contributed by atoms with van der Waals surface area (Å²) < 4.78 is 30.7. The molecular weight excluding hydrogens is 246 g/mol. The maximum absolute atomic E-state index is 12.8. The molecule has 0 saturated heterocycles. The van der Waals surface area contributed by atoms with E-state index in [1.54, 1.807) is 0 Å². The van der Waals surface area contributed by atoms with Crippen molar-refractivity contribution in [1.82, 2.24) is 9.97 Å². The highest BCUT2D eigenvalue weighted by Crippen LogP contribution is 2.42. The van der Waals surface area contributed by atoms with Crippen molar-refractivity contribution < 1.29 is 23.4 Å². The number of rotatable bonds is 5. The Hall–Kier alpha value is -1.63. The minimum Gasteiger partial charge on any atom is -0.478 e. The Bertz CT molecular complexity index is 464. The lowest BCUT2D eigenvalue weighted by molar-refractivity contribution is 0.0667. The van der Waals surface area contributed by atoms with Gasteiger partial charge in [-0.05, 0) is 18.8 Å². The second kappa shape index (κ2) is 4.93. The van der Waals surface area contributed by atoms with Crippen LogP contribution in [0.1, 0.15) is 47.2 Å². The number of nitrogens with zero attached hydrogens (tertiary/aromatic N) is 2. The molecule has 1 aromatic rings. The summed E-state index contributed by atoms with van der Waals surface area (Å²) >= 11 is 0. The molecule has 1 unspecified atom stereocenters. The summed E-state index contributed by atoms with van der Waals surface area (Å²) in [6.07, 6.45) is -0.598. The predicted molar refractivity (Wildman–Crippen MR) is 56.4 cm³/mol. The van der Waals surface area contributed by atoms with Gasteiger partial charge in [0, 0.05) is 13.3 Å². The first kappa shape index (κ1) is 12.8. The first-order valence-corrected chi connectivity index (χ1v) is 5.45. The van der Waals surface area contributed by atoms with Crippen LogP contribution in [-0.4, -0.2) is 28.2 Å². The van der Waals surface area contributed by atoms with Gasteiger partial charge in [0.05, 0.1) is 0 Å². The highest BCUT2D eigenvalue weighted by molar-refractivity contribution is 5.88. The summed E-state index contributed by atoms with van der Waals surface area (Å²) in [5, 5.41) is 8.78. The smallest absolute Gasteiger partial charge is 0.339 e. The second-order valence-electron chi connectivity index (χ2n) is 4.13. The molecule has 2 rings (SSSR count). The summed E-state index contributed by atoms with van der Waals surface area (Å²) in [6.45, 7) is 0. The van der Waals surface area contributed by atoms with E-state index in [4.69, 9.17) is 9.84 Å². The van der Waals surface area contributed by atoms with Gasteiger partial charge in [-0.15, -0.1) is 0 Å². The number of methoxy groups -OCH3 is 1. The molecule has 0 bridgehead atoms. The van der Waals surface area contributed by atoms with Crippen LogP contribution in [-0.2, 0) is 4.74 Å². The van der Waals surface area contributed by atoms with E-state index in [1.165, 1.54) is 7.11 Å². The molecule has 0 spiro atoms. The van der Waals surface area contributed by atoms with E-state index in [-0.39, 0.29) is 11.7 Å². The van der Waals surface area contributed by atoms with E-state index in [1.807, 2.05) is 0 Å². The van der Waals surface area contributed by atoms with Crippen LogP contribution in [0.3, 0.4) is 0 Å². The van der Waals surface area contributed by atoms with Crippen molar-refractivity contribution in [3.8, 4) is 0 Å².